The first kappa shape index (κ1) is 12.0. The van der Waals surface area contributed by atoms with E-state index in [9.17, 15) is 4.79 Å². The van der Waals surface area contributed by atoms with Gasteiger partial charge < -0.3 is 9.88 Å². The molecular formula is C12H10Cl2N2O. The molecule has 17 heavy (non-hydrogen) atoms. The highest BCUT2D eigenvalue weighted by atomic mass is 35.5. The lowest BCUT2D eigenvalue weighted by atomic mass is 10.3. The number of hydrogen-bond acceptors (Lipinski definition) is 1. The van der Waals surface area contributed by atoms with Crippen LogP contribution in [-0.2, 0) is 11.3 Å². The predicted octanol–water partition coefficient (Wildman–Crippen LogP) is 3.43. The van der Waals surface area contributed by atoms with Crippen molar-refractivity contribution < 1.29 is 4.79 Å². The van der Waals surface area contributed by atoms with Crippen molar-refractivity contribution in [3.8, 4) is 0 Å². The Kier molecular flexibility index (Phi) is 3.71. The molecule has 0 atom stereocenters. The fourth-order valence-electron chi connectivity index (χ4n) is 1.43. The molecule has 0 bridgehead atoms. The highest BCUT2D eigenvalue weighted by molar-refractivity contribution is 6.43. The zero-order valence-electron chi connectivity index (χ0n) is 8.86. The third-order valence-corrected chi connectivity index (χ3v) is 3.04. The molecule has 2 rings (SSSR count). The number of carbonyl (C=O) groups is 1. The Labute approximate surface area is 109 Å². The van der Waals surface area contributed by atoms with Crippen molar-refractivity contribution in [2.75, 3.05) is 5.32 Å². The van der Waals surface area contributed by atoms with Crippen molar-refractivity contribution in [1.29, 1.82) is 0 Å². The molecule has 0 aliphatic heterocycles. The minimum absolute atomic E-state index is 0.148. The van der Waals surface area contributed by atoms with Gasteiger partial charge in [0.15, 0.2) is 0 Å². The molecule has 2 aromatic rings. The van der Waals surface area contributed by atoms with Crippen molar-refractivity contribution in [2.45, 2.75) is 6.54 Å². The summed E-state index contributed by atoms with van der Waals surface area (Å²) in [4.78, 5) is 11.7. The zero-order valence-corrected chi connectivity index (χ0v) is 10.4. The van der Waals surface area contributed by atoms with Crippen LogP contribution in [0, 0.1) is 0 Å². The summed E-state index contributed by atoms with van der Waals surface area (Å²) in [6, 6.07) is 8.84. The molecule has 1 aromatic heterocycles. The number of amides is 1. The summed E-state index contributed by atoms with van der Waals surface area (Å²) >= 11 is 11.8. The average molecular weight is 269 g/mol. The molecule has 0 saturated heterocycles. The maximum atomic E-state index is 11.7. The highest BCUT2D eigenvalue weighted by Crippen LogP contribution is 2.29. The van der Waals surface area contributed by atoms with Crippen LogP contribution >= 0.6 is 23.2 Å². The van der Waals surface area contributed by atoms with Gasteiger partial charge in [-0.05, 0) is 24.3 Å². The molecule has 0 spiro atoms. The number of carbonyl (C=O) groups excluding carboxylic acids is 1. The summed E-state index contributed by atoms with van der Waals surface area (Å²) in [5.41, 5.74) is 0.524. The summed E-state index contributed by atoms with van der Waals surface area (Å²) in [5, 5.41) is 3.49. The van der Waals surface area contributed by atoms with E-state index in [2.05, 4.69) is 5.32 Å². The van der Waals surface area contributed by atoms with Crippen molar-refractivity contribution in [1.82, 2.24) is 4.57 Å². The molecule has 1 N–H and O–H groups in total. The van der Waals surface area contributed by atoms with E-state index >= 15 is 0 Å². The molecular weight excluding hydrogens is 259 g/mol. The molecule has 0 saturated carbocycles. The van der Waals surface area contributed by atoms with Gasteiger partial charge in [0.2, 0.25) is 5.91 Å². The zero-order chi connectivity index (χ0) is 12.3. The van der Waals surface area contributed by atoms with Crippen LogP contribution in [0.2, 0.25) is 10.0 Å². The van der Waals surface area contributed by atoms with Crippen molar-refractivity contribution >= 4 is 34.8 Å². The van der Waals surface area contributed by atoms with E-state index in [1.54, 1.807) is 22.8 Å². The Bertz CT molecular complexity index is 523. The quantitative estimate of drug-likeness (QED) is 0.909. The Morgan fingerprint density at radius 3 is 2.59 bits per heavy atom. The standard InChI is InChI=1S/C12H10Cl2N2O/c13-9-4-3-5-10(12(9)14)15-11(17)8-16-6-1-2-7-16/h1-7H,8H2,(H,15,17). The second-order valence-corrected chi connectivity index (χ2v) is 4.29. The van der Waals surface area contributed by atoms with Gasteiger partial charge in [-0.3, -0.25) is 4.79 Å². The van der Waals surface area contributed by atoms with Gasteiger partial charge in [-0.25, -0.2) is 0 Å². The van der Waals surface area contributed by atoms with E-state index in [1.807, 2.05) is 24.5 Å². The Balaban J connectivity index is 2.06. The number of rotatable bonds is 3. The lowest BCUT2D eigenvalue weighted by Crippen LogP contribution is -2.18. The first-order valence-corrected chi connectivity index (χ1v) is 5.77. The summed E-state index contributed by atoms with van der Waals surface area (Å²) < 4.78 is 1.77. The van der Waals surface area contributed by atoms with Crippen LogP contribution < -0.4 is 5.32 Å². The van der Waals surface area contributed by atoms with Gasteiger partial charge in [0.05, 0.1) is 15.7 Å². The minimum atomic E-state index is -0.148. The number of anilines is 1. The second-order valence-electron chi connectivity index (χ2n) is 3.50. The van der Waals surface area contributed by atoms with Crippen LogP contribution in [0.3, 0.4) is 0 Å². The Hall–Kier alpha value is -1.45. The first-order valence-electron chi connectivity index (χ1n) is 5.01. The first-order chi connectivity index (χ1) is 8.16. The summed E-state index contributed by atoms with van der Waals surface area (Å²) in [6.07, 6.45) is 3.64. The lowest BCUT2D eigenvalue weighted by molar-refractivity contribution is -0.116. The van der Waals surface area contributed by atoms with Crippen LogP contribution in [0.15, 0.2) is 42.7 Å². The summed E-state index contributed by atoms with van der Waals surface area (Å²) in [6.45, 7) is 0.246. The number of halogens is 2. The molecule has 0 unspecified atom stereocenters. The van der Waals surface area contributed by atoms with Gasteiger partial charge >= 0.3 is 0 Å². The maximum Gasteiger partial charge on any atom is 0.244 e. The van der Waals surface area contributed by atoms with Crippen molar-refractivity contribution in [2.24, 2.45) is 0 Å². The number of nitrogens with one attached hydrogen (secondary N) is 1. The van der Waals surface area contributed by atoms with Gasteiger partial charge in [0.1, 0.15) is 6.54 Å². The third kappa shape index (κ3) is 3.02. The van der Waals surface area contributed by atoms with E-state index in [0.29, 0.717) is 15.7 Å². The van der Waals surface area contributed by atoms with Gasteiger partial charge in [-0.1, -0.05) is 29.3 Å². The van der Waals surface area contributed by atoms with Crippen LogP contribution in [0.1, 0.15) is 0 Å². The Morgan fingerprint density at radius 2 is 1.88 bits per heavy atom. The van der Waals surface area contributed by atoms with Crippen molar-refractivity contribution in [3.05, 3.63) is 52.8 Å². The van der Waals surface area contributed by atoms with E-state index < -0.39 is 0 Å². The van der Waals surface area contributed by atoms with E-state index in [0.717, 1.165) is 0 Å². The van der Waals surface area contributed by atoms with Gasteiger partial charge in [-0.2, -0.15) is 0 Å². The maximum absolute atomic E-state index is 11.7. The highest BCUT2D eigenvalue weighted by Gasteiger charge is 2.08. The molecule has 0 fully saturated rings. The summed E-state index contributed by atoms with van der Waals surface area (Å²) in [5.74, 6) is -0.148. The third-order valence-electron chi connectivity index (χ3n) is 2.22. The molecule has 0 aliphatic carbocycles. The van der Waals surface area contributed by atoms with Gasteiger partial charge in [0, 0.05) is 12.4 Å². The topological polar surface area (TPSA) is 34.0 Å². The SMILES string of the molecule is O=C(Cn1cccc1)Nc1cccc(Cl)c1Cl. The van der Waals surface area contributed by atoms with Crippen LogP contribution in [0.25, 0.3) is 0 Å². The number of hydrogen-bond donors (Lipinski definition) is 1. The number of aromatic nitrogens is 1. The minimum Gasteiger partial charge on any atom is -0.345 e. The molecule has 0 aliphatic rings. The van der Waals surface area contributed by atoms with Crippen molar-refractivity contribution in [3.63, 3.8) is 0 Å². The van der Waals surface area contributed by atoms with Gasteiger partial charge in [-0.15, -0.1) is 0 Å². The molecule has 3 nitrogen and oxygen atoms in total. The summed E-state index contributed by atoms with van der Waals surface area (Å²) in [7, 11) is 0. The molecule has 5 heteroatoms. The van der Waals surface area contributed by atoms with Crippen LogP contribution in [0.5, 0.6) is 0 Å². The number of benzene rings is 1. The largest absolute Gasteiger partial charge is 0.345 e. The lowest BCUT2D eigenvalue weighted by Gasteiger charge is -2.08. The smallest absolute Gasteiger partial charge is 0.244 e. The molecule has 1 aromatic carbocycles. The average Bonchev–Trinajstić information content (AvgIpc) is 2.77. The van der Waals surface area contributed by atoms with Crippen LogP contribution in [-0.4, -0.2) is 10.5 Å². The van der Waals surface area contributed by atoms with E-state index in [4.69, 9.17) is 23.2 Å². The van der Waals surface area contributed by atoms with Gasteiger partial charge in [0.25, 0.3) is 0 Å². The second kappa shape index (κ2) is 5.25. The fourth-order valence-corrected chi connectivity index (χ4v) is 1.78. The van der Waals surface area contributed by atoms with E-state index in [-0.39, 0.29) is 12.5 Å². The predicted molar refractivity (Wildman–Crippen MR) is 69.5 cm³/mol. The van der Waals surface area contributed by atoms with Crippen LogP contribution in [0.4, 0.5) is 5.69 Å². The molecule has 88 valence electrons. The number of nitrogens with zero attached hydrogens (tertiary/aromatic N) is 1. The van der Waals surface area contributed by atoms with E-state index in [1.165, 1.54) is 0 Å². The molecule has 1 amide bonds. The monoisotopic (exact) mass is 268 g/mol. The molecule has 1 heterocycles. The Morgan fingerprint density at radius 1 is 1.18 bits per heavy atom. The molecule has 0 radical (unpaired) electrons. The normalized spacial score (nSPS) is 10.2. The fraction of sp³-hybridized carbons (Fsp3) is 0.0833.